The van der Waals surface area contributed by atoms with Gasteiger partial charge in [-0.3, -0.25) is 4.79 Å². The van der Waals surface area contributed by atoms with Crippen LogP contribution < -0.4 is 10.0 Å². The van der Waals surface area contributed by atoms with E-state index in [1.165, 1.54) is 43.3 Å². The van der Waals surface area contributed by atoms with Crippen LogP contribution >= 0.6 is 0 Å². The number of anilines is 1. The van der Waals surface area contributed by atoms with Crippen molar-refractivity contribution in [2.45, 2.75) is 24.9 Å². The molecule has 26 heavy (non-hydrogen) atoms. The average Bonchev–Trinajstić information content (AvgIpc) is 2.55. The summed E-state index contributed by atoms with van der Waals surface area (Å²) in [6.45, 7) is 3.19. The Balaban J connectivity index is 2.21. The number of alkyl halides is 3. The molecule has 0 spiro atoms. The van der Waals surface area contributed by atoms with Gasteiger partial charge in [0.2, 0.25) is 10.0 Å². The number of hydrogen-bond donors (Lipinski definition) is 2. The molecule has 1 amide bonds. The highest BCUT2D eigenvalue weighted by Crippen LogP contribution is 2.33. The van der Waals surface area contributed by atoms with E-state index in [2.05, 4.69) is 10.0 Å². The Bertz CT molecular complexity index is 908. The highest BCUT2D eigenvalue weighted by Gasteiger charge is 2.32. The van der Waals surface area contributed by atoms with Crippen LogP contribution in [0.25, 0.3) is 0 Å². The van der Waals surface area contributed by atoms with Gasteiger partial charge in [0.05, 0.1) is 10.5 Å². The van der Waals surface area contributed by atoms with Gasteiger partial charge in [0.1, 0.15) is 0 Å². The number of benzene rings is 2. The number of carbonyl (C=O) groups excluding carboxylic acids is 1. The predicted octanol–water partition coefficient (Wildman–Crippen LogP) is 3.56. The molecule has 0 fully saturated rings. The number of rotatable bonds is 5. The van der Waals surface area contributed by atoms with Crippen LogP contribution in [0.4, 0.5) is 18.9 Å². The largest absolute Gasteiger partial charge is 0.416 e. The zero-order chi connectivity index (χ0) is 19.5. The molecule has 0 bridgehead atoms. The van der Waals surface area contributed by atoms with Crippen molar-refractivity contribution in [3.8, 4) is 0 Å². The molecule has 140 valence electrons. The summed E-state index contributed by atoms with van der Waals surface area (Å²) in [5.41, 5.74) is -0.664. The molecule has 0 radical (unpaired) electrons. The molecule has 0 aliphatic heterocycles. The number of carbonyl (C=O) groups is 1. The van der Waals surface area contributed by atoms with E-state index in [0.29, 0.717) is 0 Å². The maximum atomic E-state index is 12.9. The topological polar surface area (TPSA) is 75.3 Å². The second kappa shape index (κ2) is 7.46. The summed E-state index contributed by atoms with van der Waals surface area (Å²) in [7, 11) is -3.65. The van der Waals surface area contributed by atoms with Gasteiger partial charge in [-0.05, 0) is 48.9 Å². The van der Waals surface area contributed by atoms with Crippen molar-refractivity contribution in [1.82, 2.24) is 4.72 Å². The third-order valence-corrected chi connectivity index (χ3v) is 5.12. The van der Waals surface area contributed by atoms with Gasteiger partial charge >= 0.3 is 6.18 Å². The molecule has 2 aromatic carbocycles. The molecular weight excluding hydrogens is 369 g/mol. The third-order valence-electron chi connectivity index (χ3n) is 3.56. The Morgan fingerprint density at radius 3 is 2.23 bits per heavy atom. The van der Waals surface area contributed by atoms with E-state index < -0.39 is 27.7 Å². The van der Waals surface area contributed by atoms with Crippen LogP contribution in [0.1, 0.15) is 28.4 Å². The normalized spacial score (nSPS) is 12.0. The van der Waals surface area contributed by atoms with Crippen LogP contribution in [0.2, 0.25) is 0 Å². The van der Waals surface area contributed by atoms with Crippen LogP contribution in [-0.2, 0) is 16.2 Å². The molecule has 0 saturated carbocycles. The molecule has 5 nitrogen and oxygen atoms in total. The monoisotopic (exact) mass is 386 g/mol. The zero-order valence-electron chi connectivity index (χ0n) is 14.0. The summed E-state index contributed by atoms with van der Waals surface area (Å²) < 4.78 is 64.8. The van der Waals surface area contributed by atoms with Crippen LogP contribution in [-0.4, -0.2) is 20.9 Å². The van der Waals surface area contributed by atoms with E-state index in [4.69, 9.17) is 0 Å². The Morgan fingerprint density at radius 2 is 1.69 bits per heavy atom. The van der Waals surface area contributed by atoms with E-state index in [1.807, 2.05) is 0 Å². The van der Waals surface area contributed by atoms with Gasteiger partial charge in [-0.15, -0.1) is 0 Å². The van der Waals surface area contributed by atoms with Crippen molar-refractivity contribution in [2.75, 3.05) is 11.9 Å². The first-order valence-corrected chi connectivity index (χ1v) is 9.12. The molecule has 0 aromatic heterocycles. The Morgan fingerprint density at radius 1 is 1.08 bits per heavy atom. The number of amides is 1. The standard InChI is InChI=1S/C17H17F3N2O3S/c1-3-21-26(24,25)14-8-5-12(6-9-14)16(23)22-13-7-4-11(2)15(10-13)17(18,19)20/h4-10,21H,3H2,1-2H3,(H,22,23). The smallest absolute Gasteiger partial charge is 0.322 e. The van der Waals surface area contributed by atoms with Gasteiger partial charge < -0.3 is 5.32 Å². The number of sulfonamides is 1. The molecule has 2 rings (SSSR count). The summed E-state index contributed by atoms with van der Waals surface area (Å²) in [4.78, 5) is 12.2. The SMILES string of the molecule is CCNS(=O)(=O)c1ccc(C(=O)Nc2ccc(C)c(C(F)(F)F)c2)cc1. The lowest BCUT2D eigenvalue weighted by Crippen LogP contribution is -2.23. The third kappa shape index (κ3) is 4.61. The fraction of sp³-hybridized carbons (Fsp3) is 0.235. The molecule has 0 aliphatic rings. The minimum atomic E-state index is -4.52. The van der Waals surface area contributed by atoms with Crippen molar-refractivity contribution in [2.24, 2.45) is 0 Å². The lowest BCUT2D eigenvalue weighted by atomic mass is 10.1. The first kappa shape index (κ1) is 19.9. The first-order chi connectivity index (χ1) is 12.0. The molecular formula is C17H17F3N2O3S. The zero-order valence-corrected chi connectivity index (χ0v) is 14.8. The van der Waals surface area contributed by atoms with Crippen molar-refractivity contribution >= 4 is 21.6 Å². The summed E-state index contributed by atoms with van der Waals surface area (Å²) in [5, 5.41) is 2.38. The van der Waals surface area contributed by atoms with E-state index in [1.54, 1.807) is 6.92 Å². The quantitative estimate of drug-likeness (QED) is 0.825. The van der Waals surface area contributed by atoms with Crippen molar-refractivity contribution in [3.63, 3.8) is 0 Å². The van der Waals surface area contributed by atoms with Crippen LogP contribution in [0.15, 0.2) is 47.4 Å². The number of nitrogens with one attached hydrogen (secondary N) is 2. The highest BCUT2D eigenvalue weighted by molar-refractivity contribution is 7.89. The second-order valence-electron chi connectivity index (χ2n) is 5.51. The molecule has 0 saturated heterocycles. The Labute approximate surface area is 149 Å². The van der Waals surface area contributed by atoms with Gasteiger partial charge in [-0.2, -0.15) is 13.2 Å². The molecule has 0 atom stereocenters. The molecule has 9 heteroatoms. The van der Waals surface area contributed by atoms with E-state index in [0.717, 1.165) is 6.07 Å². The van der Waals surface area contributed by atoms with Crippen molar-refractivity contribution in [1.29, 1.82) is 0 Å². The maximum absolute atomic E-state index is 12.9. The van der Waals surface area contributed by atoms with Gasteiger partial charge in [0.25, 0.3) is 5.91 Å². The number of aryl methyl sites for hydroxylation is 1. The van der Waals surface area contributed by atoms with Gasteiger partial charge in [0, 0.05) is 17.8 Å². The predicted molar refractivity (Wildman–Crippen MR) is 91.4 cm³/mol. The summed E-state index contributed by atoms with van der Waals surface area (Å²) in [6.07, 6.45) is -4.52. The van der Waals surface area contributed by atoms with Gasteiger partial charge in [-0.25, -0.2) is 13.1 Å². The average molecular weight is 386 g/mol. The van der Waals surface area contributed by atoms with Crippen LogP contribution in [0.5, 0.6) is 0 Å². The lowest BCUT2D eigenvalue weighted by molar-refractivity contribution is -0.138. The Kier molecular flexibility index (Phi) is 5.72. The van der Waals surface area contributed by atoms with Crippen LogP contribution in [0.3, 0.4) is 0 Å². The van der Waals surface area contributed by atoms with Crippen LogP contribution in [0, 0.1) is 6.92 Å². The summed E-state index contributed by atoms with van der Waals surface area (Å²) >= 11 is 0. The van der Waals surface area contributed by atoms with Gasteiger partial charge in [0.15, 0.2) is 0 Å². The lowest BCUT2D eigenvalue weighted by Gasteiger charge is -2.13. The molecule has 0 unspecified atom stereocenters. The number of halogens is 3. The van der Waals surface area contributed by atoms with E-state index >= 15 is 0 Å². The highest BCUT2D eigenvalue weighted by atomic mass is 32.2. The minimum Gasteiger partial charge on any atom is -0.322 e. The molecule has 0 heterocycles. The van der Waals surface area contributed by atoms with Gasteiger partial charge in [-0.1, -0.05) is 13.0 Å². The van der Waals surface area contributed by atoms with Crippen molar-refractivity contribution in [3.05, 3.63) is 59.2 Å². The summed E-state index contributed by atoms with van der Waals surface area (Å²) in [6, 6.07) is 8.58. The minimum absolute atomic E-state index is 0.00253. The fourth-order valence-corrected chi connectivity index (χ4v) is 3.31. The molecule has 2 aromatic rings. The molecule has 2 N–H and O–H groups in total. The number of hydrogen-bond acceptors (Lipinski definition) is 3. The summed E-state index contributed by atoms with van der Waals surface area (Å²) in [5.74, 6) is -0.644. The first-order valence-electron chi connectivity index (χ1n) is 7.63. The van der Waals surface area contributed by atoms with Crippen molar-refractivity contribution < 1.29 is 26.4 Å². The Hall–Kier alpha value is -2.39. The molecule has 0 aliphatic carbocycles. The fourth-order valence-electron chi connectivity index (χ4n) is 2.27. The second-order valence-corrected chi connectivity index (χ2v) is 7.27. The van der Waals surface area contributed by atoms with E-state index in [9.17, 15) is 26.4 Å². The van der Waals surface area contributed by atoms with E-state index in [-0.39, 0.29) is 28.3 Å². The maximum Gasteiger partial charge on any atom is 0.416 e.